The summed E-state index contributed by atoms with van der Waals surface area (Å²) >= 11 is 0. The molecule has 152 valence electrons. The Morgan fingerprint density at radius 1 is 1.17 bits per heavy atom. The quantitative estimate of drug-likeness (QED) is 0.831. The van der Waals surface area contributed by atoms with Crippen molar-refractivity contribution in [3.05, 3.63) is 53.7 Å². The zero-order chi connectivity index (χ0) is 20.9. The molecular weight excluding hydrogens is 383 g/mol. The minimum absolute atomic E-state index is 0.0529. The maximum atomic E-state index is 13.0. The van der Waals surface area contributed by atoms with Crippen LogP contribution in [0.2, 0.25) is 0 Å². The number of benzene rings is 1. The highest BCUT2D eigenvalue weighted by Crippen LogP contribution is 2.33. The molecule has 1 aliphatic heterocycles. The lowest BCUT2D eigenvalue weighted by Gasteiger charge is -2.35. The molecule has 6 nitrogen and oxygen atoms in total. The van der Waals surface area contributed by atoms with E-state index in [9.17, 15) is 18.0 Å². The molecule has 0 bridgehead atoms. The third kappa shape index (κ3) is 5.16. The molecule has 29 heavy (non-hydrogen) atoms. The van der Waals surface area contributed by atoms with Crippen molar-refractivity contribution in [3.63, 3.8) is 0 Å². The first kappa shape index (κ1) is 20.5. The van der Waals surface area contributed by atoms with Gasteiger partial charge in [0.15, 0.2) is 0 Å². The number of nitrogens with zero attached hydrogens (tertiary/aromatic N) is 4. The highest BCUT2D eigenvalue weighted by molar-refractivity contribution is 5.77. The van der Waals surface area contributed by atoms with Gasteiger partial charge in [-0.2, -0.15) is 18.4 Å². The molecule has 2 aromatic rings. The molecule has 9 heteroatoms. The van der Waals surface area contributed by atoms with Gasteiger partial charge in [0.1, 0.15) is 5.82 Å². The van der Waals surface area contributed by atoms with E-state index in [1.165, 1.54) is 6.07 Å². The fourth-order valence-corrected chi connectivity index (χ4v) is 3.18. The van der Waals surface area contributed by atoms with Crippen LogP contribution in [0.3, 0.4) is 0 Å². The Hall–Kier alpha value is -3.28. The summed E-state index contributed by atoms with van der Waals surface area (Å²) in [6.45, 7) is 2.72. The normalized spacial score (nSPS) is 14.4. The number of alkyl halides is 3. The second-order valence-electron chi connectivity index (χ2n) is 6.60. The van der Waals surface area contributed by atoms with E-state index in [0.29, 0.717) is 26.2 Å². The van der Waals surface area contributed by atoms with E-state index in [2.05, 4.69) is 15.2 Å². The van der Waals surface area contributed by atoms with Crippen LogP contribution >= 0.6 is 0 Å². The fourth-order valence-electron chi connectivity index (χ4n) is 3.18. The van der Waals surface area contributed by atoms with E-state index in [1.54, 1.807) is 17.2 Å². The van der Waals surface area contributed by atoms with Crippen LogP contribution in [0.5, 0.6) is 0 Å². The summed E-state index contributed by atoms with van der Waals surface area (Å²) in [6, 6.07) is 10.7. The molecule has 2 heterocycles. The minimum atomic E-state index is -4.61. The average molecular weight is 403 g/mol. The van der Waals surface area contributed by atoms with Gasteiger partial charge in [-0.05, 0) is 30.3 Å². The van der Waals surface area contributed by atoms with Crippen molar-refractivity contribution in [2.75, 3.05) is 42.9 Å². The molecule has 1 aromatic heterocycles. The number of anilines is 2. The zero-order valence-electron chi connectivity index (χ0n) is 15.6. The lowest BCUT2D eigenvalue weighted by Crippen LogP contribution is -2.49. The predicted molar refractivity (Wildman–Crippen MR) is 102 cm³/mol. The van der Waals surface area contributed by atoms with Gasteiger partial charge in [-0.3, -0.25) is 4.79 Å². The van der Waals surface area contributed by atoms with E-state index in [4.69, 9.17) is 5.26 Å². The van der Waals surface area contributed by atoms with Crippen molar-refractivity contribution in [1.29, 1.82) is 5.26 Å². The van der Waals surface area contributed by atoms with E-state index < -0.39 is 17.3 Å². The minimum Gasteiger partial charge on any atom is -0.385 e. The number of halogens is 3. The average Bonchev–Trinajstić information content (AvgIpc) is 2.73. The van der Waals surface area contributed by atoms with Crippen molar-refractivity contribution < 1.29 is 18.0 Å². The first-order valence-corrected chi connectivity index (χ1v) is 9.17. The smallest absolute Gasteiger partial charge is 0.385 e. The maximum absolute atomic E-state index is 13.0. The van der Waals surface area contributed by atoms with E-state index in [-0.39, 0.29) is 24.6 Å². The third-order valence-corrected chi connectivity index (χ3v) is 4.72. The fraction of sp³-hybridized carbons (Fsp3) is 0.350. The second kappa shape index (κ2) is 8.82. The molecule has 0 aliphatic carbocycles. The van der Waals surface area contributed by atoms with E-state index in [1.807, 2.05) is 18.2 Å². The van der Waals surface area contributed by atoms with Gasteiger partial charge in [0.25, 0.3) is 0 Å². The molecule has 1 aromatic carbocycles. The van der Waals surface area contributed by atoms with Gasteiger partial charge in [0.2, 0.25) is 5.91 Å². The van der Waals surface area contributed by atoms with Crippen LogP contribution in [-0.2, 0) is 11.0 Å². The number of pyridine rings is 1. The van der Waals surface area contributed by atoms with Crippen LogP contribution in [0.1, 0.15) is 17.5 Å². The Labute approximate surface area is 166 Å². The maximum Gasteiger partial charge on any atom is 0.417 e. The summed E-state index contributed by atoms with van der Waals surface area (Å²) in [7, 11) is 0. The van der Waals surface area contributed by atoms with Gasteiger partial charge in [-0.1, -0.05) is 6.07 Å². The molecule has 0 unspecified atom stereocenters. The largest absolute Gasteiger partial charge is 0.417 e. The Balaban J connectivity index is 1.49. The monoisotopic (exact) mass is 403 g/mol. The summed E-state index contributed by atoms with van der Waals surface area (Å²) < 4.78 is 39.0. The molecule has 1 aliphatic rings. The standard InChI is InChI=1S/C20H20F3N5O/c21-20(22,23)17-13-16(5-4-15(17)14-24)25-8-6-19(29)28-11-9-27(10-12-28)18-3-1-2-7-26-18/h1-5,7,13,25H,6,8-12H2. The van der Waals surface area contributed by atoms with Crippen molar-refractivity contribution >= 4 is 17.4 Å². The highest BCUT2D eigenvalue weighted by atomic mass is 19.4. The molecule has 1 saturated heterocycles. The Bertz CT molecular complexity index is 887. The number of carbonyl (C=O) groups excluding carboxylic acids is 1. The van der Waals surface area contributed by atoms with Gasteiger partial charge in [0, 0.05) is 51.0 Å². The van der Waals surface area contributed by atoms with Crippen LogP contribution in [-0.4, -0.2) is 48.5 Å². The Morgan fingerprint density at radius 2 is 1.93 bits per heavy atom. The van der Waals surface area contributed by atoms with Gasteiger partial charge in [0.05, 0.1) is 17.2 Å². The number of hydrogen-bond acceptors (Lipinski definition) is 5. The summed E-state index contributed by atoms with van der Waals surface area (Å²) in [5.41, 5.74) is -1.18. The summed E-state index contributed by atoms with van der Waals surface area (Å²) in [4.78, 5) is 20.6. The van der Waals surface area contributed by atoms with Gasteiger partial charge < -0.3 is 15.1 Å². The van der Waals surface area contributed by atoms with Crippen molar-refractivity contribution in [2.24, 2.45) is 0 Å². The van der Waals surface area contributed by atoms with Crippen LogP contribution in [0, 0.1) is 11.3 Å². The SMILES string of the molecule is N#Cc1ccc(NCCC(=O)N2CCN(c3ccccn3)CC2)cc1C(F)(F)F. The number of piperazine rings is 1. The molecule has 0 radical (unpaired) electrons. The topological polar surface area (TPSA) is 72.3 Å². The van der Waals surface area contributed by atoms with Crippen LogP contribution in [0.15, 0.2) is 42.6 Å². The van der Waals surface area contributed by atoms with E-state index >= 15 is 0 Å². The molecule has 1 fully saturated rings. The van der Waals surface area contributed by atoms with Crippen molar-refractivity contribution in [1.82, 2.24) is 9.88 Å². The lowest BCUT2D eigenvalue weighted by molar-refractivity contribution is -0.137. The zero-order valence-corrected chi connectivity index (χ0v) is 15.6. The molecule has 0 saturated carbocycles. The molecule has 1 N–H and O–H groups in total. The summed E-state index contributed by atoms with van der Waals surface area (Å²) in [5, 5.41) is 11.7. The van der Waals surface area contributed by atoms with Gasteiger partial charge in [-0.15, -0.1) is 0 Å². The number of rotatable bonds is 5. The van der Waals surface area contributed by atoms with Gasteiger partial charge >= 0.3 is 6.18 Å². The molecular formula is C20H20F3N5O. The summed E-state index contributed by atoms with van der Waals surface area (Å²) in [5.74, 6) is 0.824. The van der Waals surface area contributed by atoms with Crippen LogP contribution in [0.4, 0.5) is 24.7 Å². The van der Waals surface area contributed by atoms with Crippen LogP contribution < -0.4 is 10.2 Å². The second-order valence-corrected chi connectivity index (χ2v) is 6.60. The first-order chi connectivity index (χ1) is 13.9. The predicted octanol–water partition coefficient (Wildman–Crippen LogP) is 3.12. The number of carbonyl (C=O) groups is 1. The number of nitriles is 1. The van der Waals surface area contributed by atoms with Gasteiger partial charge in [-0.25, -0.2) is 4.98 Å². The lowest BCUT2D eigenvalue weighted by atomic mass is 10.1. The van der Waals surface area contributed by atoms with Crippen LogP contribution in [0.25, 0.3) is 0 Å². The Kier molecular flexibility index (Phi) is 6.22. The highest BCUT2D eigenvalue weighted by Gasteiger charge is 2.33. The third-order valence-electron chi connectivity index (χ3n) is 4.72. The number of aromatic nitrogens is 1. The van der Waals surface area contributed by atoms with Crippen molar-refractivity contribution in [3.8, 4) is 6.07 Å². The Morgan fingerprint density at radius 3 is 2.55 bits per heavy atom. The molecule has 1 amide bonds. The number of nitrogens with one attached hydrogen (secondary N) is 1. The van der Waals surface area contributed by atoms with E-state index in [0.717, 1.165) is 18.0 Å². The molecule has 3 rings (SSSR count). The van der Waals surface area contributed by atoms with Crippen molar-refractivity contribution in [2.45, 2.75) is 12.6 Å². The molecule has 0 spiro atoms. The first-order valence-electron chi connectivity index (χ1n) is 9.17. The molecule has 0 atom stereocenters. The summed E-state index contributed by atoms with van der Waals surface area (Å²) in [6.07, 6.45) is -2.71. The number of amides is 1. The number of hydrogen-bond donors (Lipinski definition) is 1.